The predicted octanol–water partition coefficient (Wildman–Crippen LogP) is 2.64. The molecule has 7 nitrogen and oxygen atoms in total. The predicted molar refractivity (Wildman–Crippen MR) is 125 cm³/mol. The molecule has 168 valence electrons. The number of likely N-dealkylation sites (tertiary alicyclic amines) is 1. The maximum absolute atomic E-state index is 13.0. The van der Waals surface area contributed by atoms with Gasteiger partial charge in [0.25, 0.3) is 5.91 Å². The number of anilines is 1. The average molecular weight is 434 g/mol. The summed E-state index contributed by atoms with van der Waals surface area (Å²) in [5.74, 6) is 0.958. The second kappa shape index (κ2) is 8.56. The van der Waals surface area contributed by atoms with Crippen molar-refractivity contribution in [3.8, 4) is 0 Å². The zero-order chi connectivity index (χ0) is 22.1. The Morgan fingerprint density at radius 3 is 2.69 bits per heavy atom. The van der Waals surface area contributed by atoms with Gasteiger partial charge in [-0.15, -0.1) is 0 Å². The van der Waals surface area contributed by atoms with E-state index in [9.17, 15) is 9.90 Å². The number of amides is 1. The highest BCUT2D eigenvalue weighted by atomic mass is 16.3. The summed E-state index contributed by atoms with van der Waals surface area (Å²) in [4.78, 5) is 23.6. The van der Waals surface area contributed by atoms with Crippen LogP contribution < -0.4 is 4.90 Å². The number of aliphatic hydroxyl groups is 1. The first-order chi connectivity index (χ1) is 15.5. The smallest absolute Gasteiger partial charge is 0.253 e. The fraction of sp³-hybridized carbons (Fsp3) is 0.440. The highest BCUT2D eigenvalue weighted by molar-refractivity contribution is 5.94. The molecule has 2 saturated heterocycles. The third-order valence-corrected chi connectivity index (χ3v) is 6.75. The number of fused-ring (bicyclic) bond motifs is 1. The summed E-state index contributed by atoms with van der Waals surface area (Å²) in [6, 6.07) is 13.9. The number of imidazole rings is 1. The van der Waals surface area contributed by atoms with E-state index in [1.807, 2.05) is 40.9 Å². The van der Waals surface area contributed by atoms with Crippen molar-refractivity contribution in [2.75, 3.05) is 44.7 Å². The van der Waals surface area contributed by atoms with Gasteiger partial charge in [-0.05, 0) is 62.2 Å². The van der Waals surface area contributed by atoms with Crippen LogP contribution in [0.4, 0.5) is 5.82 Å². The molecular formula is C25H31N5O2. The summed E-state index contributed by atoms with van der Waals surface area (Å²) >= 11 is 0. The van der Waals surface area contributed by atoms with E-state index in [0.29, 0.717) is 25.1 Å². The number of hydrogen-bond donors (Lipinski definition) is 1. The van der Waals surface area contributed by atoms with Gasteiger partial charge in [-0.2, -0.15) is 0 Å². The molecule has 0 radical (unpaired) electrons. The van der Waals surface area contributed by atoms with Gasteiger partial charge in [-0.3, -0.25) is 14.1 Å². The zero-order valence-corrected chi connectivity index (χ0v) is 18.7. The highest BCUT2D eigenvalue weighted by Crippen LogP contribution is 2.28. The molecule has 3 aromatic rings. The van der Waals surface area contributed by atoms with E-state index < -0.39 is 5.60 Å². The van der Waals surface area contributed by atoms with Gasteiger partial charge in [0.1, 0.15) is 17.1 Å². The van der Waals surface area contributed by atoms with Crippen LogP contribution in [-0.2, 0) is 6.54 Å². The van der Waals surface area contributed by atoms with Crippen LogP contribution in [0.3, 0.4) is 0 Å². The average Bonchev–Trinajstić information content (AvgIpc) is 3.55. The first kappa shape index (κ1) is 21.0. The van der Waals surface area contributed by atoms with Crippen LogP contribution in [0.25, 0.3) is 5.65 Å². The number of β-amino-alcohol motifs (C(OH)–C–C–N with tert-alkyl or cyclic N) is 1. The summed E-state index contributed by atoms with van der Waals surface area (Å²) in [7, 11) is 1.78. The number of carbonyl (C=O) groups is 1. The number of benzene rings is 1. The van der Waals surface area contributed by atoms with E-state index in [1.54, 1.807) is 18.1 Å². The van der Waals surface area contributed by atoms with Gasteiger partial charge in [-0.1, -0.05) is 18.2 Å². The van der Waals surface area contributed by atoms with Gasteiger partial charge in [0.05, 0.1) is 6.54 Å². The number of aromatic nitrogens is 2. The minimum Gasteiger partial charge on any atom is -0.386 e. The van der Waals surface area contributed by atoms with Crippen LogP contribution in [0.2, 0.25) is 0 Å². The molecule has 1 amide bonds. The van der Waals surface area contributed by atoms with Gasteiger partial charge in [-0.25, -0.2) is 4.98 Å². The van der Waals surface area contributed by atoms with Crippen molar-refractivity contribution in [3.63, 3.8) is 0 Å². The lowest BCUT2D eigenvalue weighted by molar-refractivity contribution is 0.0264. The van der Waals surface area contributed by atoms with E-state index in [2.05, 4.69) is 26.9 Å². The second-order valence-corrected chi connectivity index (χ2v) is 9.28. The molecule has 0 aliphatic carbocycles. The summed E-state index contributed by atoms with van der Waals surface area (Å²) < 4.78 is 2.03. The van der Waals surface area contributed by atoms with Gasteiger partial charge in [0.15, 0.2) is 0 Å². The van der Waals surface area contributed by atoms with E-state index in [-0.39, 0.29) is 5.91 Å². The van der Waals surface area contributed by atoms with E-state index in [0.717, 1.165) is 37.6 Å². The normalized spacial score (nSPS) is 21.5. The lowest BCUT2D eigenvalue weighted by Gasteiger charge is -2.29. The number of hydrogen-bond acceptors (Lipinski definition) is 5. The van der Waals surface area contributed by atoms with Gasteiger partial charge < -0.3 is 14.9 Å². The van der Waals surface area contributed by atoms with Crippen molar-refractivity contribution in [2.24, 2.45) is 0 Å². The Bertz CT molecular complexity index is 1090. The van der Waals surface area contributed by atoms with Gasteiger partial charge in [0, 0.05) is 44.6 Å². The Morgan fingerprint density at radius 1 is 1.12 bits per heavy atom. The molecule has 4 heterocycles. The molecular weight excluding hydrogens is 402 g/mol. The Kier molecular flexibility index (Phi) is 5.61. The number of rotatable bonds is 6. The maximum Gasteiger partial charge on any atom is 0.253 e. The summed E-state index contributed by atoms with van der Waals surface area (Å²) in [5.41, 5.74) is 1.85. The second-order valence-electron chi connectivity index (χ2n) is 9.28. The summed E-state index contributed by atoms with van der Waals surface area (Å²) in [5, 5.41) is 11.2. The van der Waals surface area contributed by atoms with Crippen molar-refractivity contribution >= 4 is 17.4 Å². The molecule has 0 bridgehead atoms. The van der Waals surface area contributed by atoms with E-state index in [1.165, 1.54) is 18.4 Å². The Balaban J connectivity index is 1.22. The SMILES string of the molecule is CN(C[C@]1(O)CCN(c2cccc3nccn23)C1)C(=O)c1ccc(CN2CCCC2)cc1. The molecule has 1 N–H and O–H groups in total. The first-order valence-corrected chi connectivity index (χ1v) is 11.5. The van der Waals surface area contributed by atoms with Crippen molar-refractivity contribution < 1.29 is 9.90 Å². The Labute approximate surface area is 188 Å². The number of carbonyl (C=O) groups excluding carboxylic acids is 1. The molecule has 0 saturated carbocycles. The molecule has 2 aromatic heterocycles. The standard InChI is InChI=1S/C25H31N5O2/c1-27(24(31)21-9-7-20(8-10-21)17-28-13-2-3-14-28)18-25(32)11-15-29(19-25)23-6-4-5-22-26-12-16-30(22)23/h4-10,12,16,32H,2-3,11,13-15,17-19H2,1H3/t25-/m1/s1. The van der Waals surface area contributed by atoms with Crippen molar-refractivity contribution in [2.45, 2.75) is 31.4 Å². The monoisotopic (exact) mass is 433 g/mol. The van der Waals surface area contributed by atoms with Crippen LogP contribution >= 0.6 is 0 Å². The summed E-state index contributed by atoms with van der Waals surface area (Å²) in [6.45, 7) is 4.79. The lowest BCUT2D eigenvalue weighted by atomic mass is 10.0. The molecule has 7 heteroatoms. The minimum atomic E-state index is -0.942. The minimum absolute atomic E-state index is 0.0543. The molecule has 2 aliphatic heterocycles. The number of nitrogens with zero attached hydrogens (tertiary/aromatic N) is 5. The van der Waals surface area contributed by atoms with Crippen molar-refractivity contribution in [3.05, 3.63) is 66.0 Å². The van der Waals surface area contributed by atoms with E-state index >= 15 is 0 Å². The van der Waals surface area contributed by atoms with E-state index in [4.69, 9.17) is 0 Å². The fourth-order valence-electron chi connectivity index (χ4n) is 5.06. The third kappa shape index (κ3) is 4.23. The Morgan fingerprint density at radius 2 is 1.91 bits per heavy atom. The Hall–Kier alpha value is -2.90. The molecule has 2 aliphatic rings. The zero-order valence-electron chi connectivity index (χ0n) is 18.7. The molecule has 1 atom stereocenters. The topological polar surface area (TPSA) is 64.3 Å². The van der Waals surface area contributed by atoms with Crippen LogP contribution in [0, 0.1) is 0 Å². The van der Waals surface area contributed by atoms with Crippen LogP contribution in [0.15, 0.2) is 54.9 Å². The third-order valence-electron chi connectivity index (χ3n) is 6.75. The molecule has 0 spiro atoms. The van der Waals surface area contributed by atoms with Crippen LogP contribution in [-0.4, -0.2) is 75.6 Å². The van der Waals surface area contributed by atoms with Gasteiger partial charge in [0.2, 0.25) is 0 Å². The first-order valence-electron chi connectivity index (χ1n) is 11.5. The molecule has 5 rings (SSSR count). The quantitative estimate of drug-likeness (QED) is 0.648. The number of pyridine rings is 1. The molecule has 0 unspecified atom stereocenters. The molecule has 2 fully saturated rings. The molecule has 1 aromatic carbocycles. The number of likely N-dealkylation sites (N-methyl/N-ethyl adjacent to an activating group) is 1. The molecule has 32 heavy (non-hydrogen) atoms. The van der Waals surface area contributed by atoms with Crippen molar-refractivity contribution in [1.82, 2.24) is 19.2 Å². The maximum atomic E-state index is 13.0. The summed E-state index contributed by atoms with van der Waals surface area (Å²) in [6.07, 6.45) is 6.89. The van der Waals surface area contributed by atoms with Crippen LogP contribution in [0.5, 0.6) is 0 Å². The van der Waals surface area contributed by atoms with Gasteiger partial charge >= 0.3 is 0 Å². The lowest BCUT2D eigenvalue weighted by Crippen LogP contribution is -2.46. The fourth-order valence-corrected chi connectivity index (χ4v) is 5.06. The largest absolute Gasteiger partial charge is 0.386 e. The van der Waals surface area contributed by atoms with Crippen LogP contribution in [0.1, 0.15) is 35.2 Å². The van der Waals surface area contributed by atoms with Crippen molar-refractivity contribution in [1.29, 1.82) is 0 Å². The highest BCUT2D eigenvalue weighted by Gasteiger charge is 2.38.